The Morgan fingerprint density at radius 2 is 1.77 bits per heavy atom. The molecule has 3 rings (SSSR count). The van der Waals surface area contributed by atoms with Crippen LogP contribution in [0.2, 0.25) is 0 Å². The normalized spacial score (nSPS) is 10.6. The molecule has 2 N–H and O–H groups in total. The van der Waals surface area contributed by atoms with Crippen molar-refractivity contribution >= 4 is 11.7 Å². The first-order valence-corrected chi connectivity index (χ1v) is 8.49. The van der Waals surface area contributed by atoms with Crippen molar-refractivity contribution in [2.45, 2.75) is 27.3 Å². The third-order valence-electron chi connectivity index (χ3n) is 4.34. The fourth-order valence-corrected chi connectivity index (χ4v) is 3.06. The first-order chi connectivity index (χ1) is 12.4. The summed E-state index contributed by atoms with van der Waals surface area (Å²) in [6, 6.07) is 15.8. The van der Waals surface area contributed by atoms with Gasteiger partial charge in [0, 0.05) is 29.3 Å². The molecule has 0 atom stereocenters. The topological polar surface area (TPSA) is 46.1 Å². The van der Waals surface area contributed by atoms with Crippen molar-refractivity contribution in [3.8, 4) is 5.69 Å². The van der Waals surface area contributed by atoms with E-state index >= 15 is 0 Å². The van der Waals surface area contributed by atoms with E-state index in [0.29, 0.717) is 12.2 Å². The summed E-state index contributed by atoms with van der Waals surface area (Å²) in [4.78, 5) is 12.1. The van der Waals surface area contributed by atoms with E-state index in [4.69, 9.17) is 0 Å². The Hall–Kier alpha value is -3.08. The van der Waals surface area contributed by atoms with E-state index in [1.807, 2.05) is 13.0 Å². The summed E-state index contributed by atoms with van der Waals surface area (Å²) in [5.41, 5.74) is 6.13. The van der Waals surface area contributed by atoms with Crippen LogP contribution in [0.1, 0.15) is 22.5 Å². The molecule has 1 aromatic heterocycles. The van der Waals surface area contributed by atoms with E-state index in [1.165, 1.54) is 29.8 Å². The summed E-state index contributed by atoms with van der Waals surface area (Å²) in [6.07, 6.45) is 0. The van der Waals surface area contributed by atoms with Gasteiger partial charge in [-0.3, -0.25) is 0 Å². The number of nitrogens with zero attached hydrogens (tertiary/aromatic N) is 1. The molecule has 3 aromatic rings. The van der Waals surface area contributed by atoms with E-state index in [1.54, 1.807) is 0 Å². The van der Waals surface area contributed by atoms with Crippen LogP contribution in [-0.4, -0.2) is 10.6 Å². The molecule has 4 nitrogen and oxygen atoms in total. The zero-order valence-electron chi connectivity index (χ0n) is 15.1. The number of anilines is 1. The SMILES string of the molecule is Cc1cccc(-n2c(C)cc(CNC(=O)Nc3ccc(F)cc3)c2C)c1. The fraction of sp³-hybridized carbons (Fsp3) is 0.190. The third-order valence-corrected chi connectivity index (χ3v) is 4.34. The molecule has 0 spiro atoms. The lowest BCUT2D eigenvalue weighted by Gasteiger charge is -2.11. The first kappa shape index (κ1) is 17.7. The number of hydrogen-bond acceptors (Lipinski definition) is 1. The van der Waals surface area contributed by atoms with Crippen molar-refractivity contribution in [1.82, 2.24) is 9.88 Å². The molecule has 0 bridgehead atoms. The molecular formula is C21H22FN3O. The number of carbonyl (C=O) groups is 1. The quantitative estimate of drug-likeness (QED) is 0.692. The highest BCUT2D eigenvalue weighted by molar-refractivity contribution is 5.89. The molecule has 134 valence electrons. The van der Waals surface area contributed by atoms with Crippen LogP contribution in [0.25, 0.3) is 5.69 Å². The van der Waals surface area contributed by atoms with Crippen molar-refractivity contribution in [1.29, 1.82) is 0 Å². The van der Waals surface area contributed by atoms with E-state index < -0.39 is 0 Å². The van der Waals surface area contributed by atoms with Crippen molar-refractivity contribution in [3.05, 3.63) is 82.9 Å². The molecule has 26 heavy (non-hydrogen) atoms. The first-order valence-electron chi connectivity index (χ1n) is 8.49. The monoisotopic (exact) mass is 351 g/mol. The van der Waals surface area contributed by atoms with Crippen LogP contribution < -0.4 is 10.6 Å². The molecule has 0 aliphatic rings. The smallest absolute Gasteiger partial charge is 0.319 e. The average Bonchev–Trinajstić information content (AvgIpc) is 2.89. The van der Waals surface area contributed by atoms with Gasteiger partial charge in [-0.15, -0.1) is 0 Å². The minimum Gasteiger partial charge on any atom is -0.334 e. The molecule has 0 saturated heterocycles. The highest BCUT2D eigenvalue weighted by Gasteiger charge is 2.12. The van der Waals surface area contributed by atoms with Crippen LogP contribution in [0, 0.1) is 26.6 Å². The van der Waals surface area contributed by atoms with E-state index in [0.717, 1.165) is 22.6 Å². The summed E-state index contributed by atoms with van der Waals surface area (Å²) in [5.74, 6) is -0.334. The van der Waals surface area contributed by atoms with Gasteiger partial charge in [-0.05, 0) is 74.4 Å². The Balaban J connectivity index is 1.70. The van der Waals surface area contributed by atoms with E-state index in [2.05, 4.69) is 53.3 Å². The number of halogens is 1. The summed E-state index contributed by atoms with van der Waals surface area (Å²) in [5, 5.41) is 5.55. The van der Waals surface area contributed by atoms with Crippen molar-refractivity contribution in [2.24, 2.45) is 0 Å². The number of amides is 2. The lowest BCUT2D eigenvalue weighted by molar-refractivity contribution is 0.251. The van der Waals surface area contributed by atoms with Crippen LogP contribution >= 0.6 is 0 Å². The predicted molar refractivity (Wildman–Crippen MR) is 102 cm³/mol. The second kappa shape index (κ2) is 7.44. The maximum absolute atomic E-state index is 12.9. The number of aromatic nitrogens is 1. The van der Waals surface area contributed by atoms with E-state index in [-0.39, 0.29) is 11.8 Å². The molecular weight excluding hydrogens is 329 g/mol. The maximum atomic E-state index is 12.9. The standard InChI is InChI=1S/C21H22FN3O/c1-14-5-4-6-20(11-14)25-15(2)12-17(16(25)3)13-23-21(26)24-19-9-7-18(22)8-10-19/h4-12H,13H2,1-3H3,(H2,23,24,26). The van der Waals surface area contributed by atoms with Gasteiger partial charge in [0.05, 0.1) is 0 Å². The van der Waals surface area contributed by atoms with Gasteiger partial charge in [-0.25, -0.2) is 9.18 Å². The minimum atomic E-state index is -0.334. The van der Waals surface area contributed by atoms with Gasteiger partial charge >= 0.3 is 6.03 Å². The second-order valence-corrected chi connectivity index (χ2v) is 6.39. The molecule has 0 aliphatic carbocycles. The molecule has 0 saturated carbocycles. The summed E-state index contributed by atoms with van der Waals surface area (Å²) >= 11 is 0. The molecule has 0 radical (unpaired) electrons. The van der Waals surface area contributed by atoms with E-state index in [9.17, 15) is 9.18 Å². The average molecular weight is 351 g/mol. The Labute approximate surface area is 152 Å². The van der Waals surface area contributed by atoms with Gasteiger partial charge < -0.3 is 15.2 Å². The molecule has 1 heterocycles. The predicted octanol–water partition coefficient (Wildman–Crippen LogP) is 4.86. The summed E-state index contributed by atoms with van der Waals surface area (Å²) < 4.78 is 15.1. The highest BCUT2D eigenvalue weighted by Crippen LogP contribution is 2.21. The second-order valence-electron chi connectivity index (χ2n) is 6.39. The van der Waals surface area contributed by atoms with Crippen LogP contribution in [-0.2, 0) is 6.54 Å². The molecule has 0 fully saturated rings. The summed E-state index contributed by atoms with van der Waals surface area (Å²) in [7, 11) is 0. The number of benzene rings is 2. The Bertz CT molecular complexity index is 929. The molecule has 2 amide bonds. The van der Waals surface area contributed by atoms with Crippen molar-refractivity contribution in [3.63, 3.8) is 0 Å². The molecule has 2 aromatic carbocycles. The van der Waals surface area contributed by atoms with Crippen LogP contribution in [0.4, 0.5) is 14.9 Å². The number of carbonyl (C=O) groups excluding carboxylic acids is 1. The number of aryl methyl sites for hydroxylation is 2. The lowest BCUT2D eigenvalue weighted by atomic mass is 10.2. The number of nitrogens with one attached hydrogen (secondary N) is 2. The van der Waals surface area contributed by atoms with Crippen LogP contribution in [0.5, 0.6) is 0 Å². The Morgan fingerprint density at radius 3 is 2.46 bits per heavy atom. The van der Waals surface area contributed by atoms with Crippen molar-refractivity contribution < 1.29 is 9.18 Å². The minimum absolute atomic E-state index is 0.322. The molecule has 0 unspecified atom stereocenters. The van der Waals surface area contributed by atoms with Crippen LogP contribution in [0.3, 0.4) is 0 Å². The van der Waals surface area contributed by atoms with Crippen LogP contribution in [0.15, 0.2) is 54.6 Å². The van der Waals surface area contributed by atoms with Gasteiger partial charge in [-0.2, -0.15) is 0 Å². The molecule has 5 heteroatoms. The van der Waals surface area contributed by atoms with Gasteiger partial charge in [-0.1, -0.05) is 12.1 Å². The number of hydrogen-bond donors (Lipinski definition) is 2. The summed E-state index contributed by atoms with van der Waals surface area (Å²) in [6.45, 7) is 6.58. The van der Waals surface area contributed by atoms with Gasteiger partial charge in [0.25, 0.3) is 0 Å². The Morgan fingerprint density at radius 1 is 1.04 bits per heavy atom. The number of rotatable bonds is 4. The zero-order valence-corrected chi connectivity index (χ0v) is 15.1. The Kier molecular flexibility index (Phi) is 5.07. The van der Waals surface area contributed by atoms with Gasteiger partial charge in [0.2, 0.25) is 0 Å². The lowest BCUT2D eigenvalue weighted by Crippen LogP contribution is -2.28. The largest absolute Gasteiger partial charge is 0.334 e. The van der Waals surface area contributed by atoms with Gasteiger partial charge in [0.15, 0.2) is 0 Å². The fourth-order valence-electron chi connectivity index (χ4n) is 3.06. The highest BCUT2D eigenvalue weighted by atomic mass is 19.1. The number of urea groups is 1. The third kappa shape index (κ3) is 3.94. The maximum Gasteiger partial charge on any atom is 0.319 e. The molecule has 0 aliphatic heterocycles. The van der Waals surface area contributed by atoms with Gasteiger partial charge in [0.1, 0.15) is 5.82 Å². The zero-order chi connectivity index (χ0) is 18.7. The van der Waals surface area contributed by atoms with Crippen molar-refractivity contribution in [2.75, 3.05) is 5.32 Å².